The molecule has 1 amide bonds. The van der Waals surface area contributed by atoms with Gasteiger partial charge in [0.15, 0.2) is 11.2 Å². The van der Waals surface area contributed by atoms with Gasteiger partial charge in [0.2, 0.25) is 5.88 Å². The van der Waals surface area contributed by atoms with Crippen molar-refractivity contribution in [1.29, 1.82) is 0 Å². The molecule has 196 valence electrons. The van der Waals surface area contributed by atoms with E-state index in [1.54, 1.807) is 23.2 Å². The number of amides is 1. The SMILES string of the molecule is Cc1ccnc(Cn2c(-c3ccc(C(=O)N4CCC(O)CC4)cc3Cl)nc3c(OC4(C)CC4)ncnc32)c1. The van der Waals surface area contributed by atoms with Gasteiger partial charge in [-0.15, -0.1) is 0 Å². The van der Waals surface area contributed by atoms with E-state index in [0.29, 0.717) is 71.5 Å². The number of piperidine rings is 1. The van der Waals surface area contributed by atoms with Crippen molar-refractivity contribution in [3.05, 3.63) is 64.7 Å². The quantitative estimate of drug-likeness (QED) is 0.391. The van der Waals surface area contributed by atoms with Gasteiger partial charge in [-0.3, -0.25) is 9.78 Å². The van der Waals surface area contributed by atoms with Crippen molar-refractivity contribution in [3.63, 3.8) is 0 Å². The zero-order valence-electron chi connectivity index (χ0n) is 21.4. The molecule has 1 saturated heterocycles. The Kier molecular flexibility index (Phi) is 6.28. The first kappa shape index (κ1) is 24.8. The van der Waals surface area contributed by atoms with Crippen LogP contribution in [0.5, 0.6) is 5.88 Å². The van der Waals surface area contributed by atoms with E-state index >= 15 is 0 Å². The largest absolute Gasteiger partial charge is 0.470 e. The first-order chi connectivity index (χ1) is 18.3. The molecule has 2 fully saturated rings. The minimum absolute atomic E-state index is 0.0953. The summed E-state index contributed by atoms with van der Waals surface area (Å²) in [5, 5.41) is 10.2. The van der Waals surface area contributed by atoms with E-state index in [0.717, 1.165) is 24.1 Å². The van der Waals surface area contributed by atoms with Gasteiger partial charge < -0.3 is 19.3 Å². The Morgan fingerprint density at radius 3 is 2.66 bits per heavy atom. The van der Waals surface area contributed by atoms with Gasteiger partial charge in [0.05, 0.1) is 23.4 Å². The Bertz CT molecular complexity index is 1520. The van der Waals surface area contributed by atoms with Gasteiger partial charge in [0.25, 0.3) is 5.91 Å². The number of hydrogen-bond acceptors (Lipinski definition) is 7. The number of rotatable bonds is 6. The van der Waals surface area contributed by atoms with Crippen molar-refractivity contribution in [1.82, 2.24) is 29.4 Å². The van der Waals surface area contributed by atoms with Crippen molar-refractivity contribution >= 4 is 28.7 Å². The zero-order valence-corrected chi connectivity index (χ0v) is 22.1. The Morgan fingerprint density at radius 2 is 1.95 bits per heavy atom. The number of aromatic nitrogens is 5. The molecule has 1 aliphatic carbocycles. The van der Waals surface area contributed by atoms with Gasteiger partial charge in [0.1, 0.15) is 17.8 Å². The summed E-state index contributed by atoms with van der Waals surface area (Å²) in [6.45, 7) is 5.57. The van der Waals surface area contributed by atoms with Crippen LogP contribution in [0.15, 0.2) is 42.9 Å². The number of ether oxygens (including phenoxy) is 1. The van der Waals surface area contributed by atoms with E-state index in [1.165, 1.54) is 6.33 Å². The molecule has 4 aromatic rings. The van der Waals surface area contributed by atoms with Gasteiger partial charge in [-0.2, -0.15) is 4.98 Å². The molecular weight excluding hydrogens is 504 g/mol. The molecule has 2 aliphatic rings. The van der Waals surface area contributed by atoms with Crippen LogP contribution < -0.4 is 4.74 Å². The fourth-order valence-electron chi connectivity index (χ4n) is 4.79. The Balaban J connectivity index is 1.41. The molecule has 10 heteroatoms. The van der Waals surface area contributed by atoms with Crippen LogP contribution in [0.3, 0.4) is 0 Å². The second-order valence-corrected chi connectivity index (χ2v) is 10.9. The third kappa shape index (κ3) is 4.83. The maximum Gasteiger partial charge on any atom is 0.253 e. The minimum atomic E-state index is -0.347. The van der Waals surface area contributed by atoms with Crippen LogP contribution in [0.1, 0.15) is 54.2 Å². The number of halogens is 1. The Labute approximate surface area is 225 Å². The highest BCUT2D eigenvalue weighted by Crippen LogP contribution is 2.41. The molecule has 0 unspecified atom stereocenters. The number of aliphatic hydroxyl groups is 1. The van der Waals surface area contributed by atoms with Crippen molar-refractivity contribution in [2.45, 2.75) is 57.8 Å². The summed E-state index contributed by atoms with van der Waals surface area (Å²) in [5.74, 6) is 0.948. The lowest BCUT2D eigenvalue weighted by atomic mass is 10.1. The van der Waals surface area contributed by atoms with E-state index in [9.17, 15) is 9.90 Å². The third-order valence-corrected chi connectivity index (χ3v) is 7.61. The molecule has 0 atom stereocenters. The first-order valence-corrected chi connectivity index (χ1v) is 13.3. The number of aryl methyl sites for hydroxylation is 1. The summed E-state index contributed by atoms with van der Waals surface area (Å²) >= 11 is 6.81. The van der Waals surface area contributed by atoms with Crippen LogP contribution in [0.4, 0.5) is 0 Å². The lowest BCUT2D eigenvalue weighted by Gasteiger charge is -2.29. The van der Waals surface area contributed by atoms with Gasteiger partial charge in [-0.25, -0.2) is 9.97 Å². The number of hydrogen-bond donors (Lipinski definition) is 1. The van der Waals surface area contributed by atoms with Crippen LogP contribution >= 0.6 is 11.6 Å². The number of nitrogens with zero attached hydrogens (tertiary/aromatic N) is 6. The summed E-state index contributed by atoms with van der Waals surface area (Å²) in [4.78, 5) is 33.3. The maximum atomic E-state index is 13.1. The second-order valence-electron chi connectivity index (χ2n) is 10.5. The standard InChI is InChI=1S/C28H29ClN6O3/c1-17-5-10-30-19(13-17)15-35-24(33-23-25(35)31-16-32-26(23)38-28(2)8-9-28)21-4-3-18(14-22(21)29)27(37)34-11-6-20(36)7-12-34/h3-5,10,13-14,16,20,36H,6-9,11-12,15H2,1-2H3. The predicted octanol–water partition coefficient (Wildman–Crippen LogP) is 4.43. The number of imidazole rings is 1. The fourth-order valence-corrected chi connectivity index (χ4v) is 5.05. The molecule has 0 bridgehead atoms. The summed E-state index contributed by atoms with van der Waals surface area (Å²) in [6.07, 6.45) is 6.04. The molecule has 1 N–H and O–H groups in total. The van der Waals surface area contributed by atoms with Crippen molar-refractivity contribution < 1.29 is 14.6 Å². The van der Waals surface area contributed by atoms with Gasteiger partial charge in [-0.05, 0) is 75.4 Å². The number of aliphatic hydroxyl groups excluding tert-OH is 1. The van der Waals surface area contributed by atoms with Crippen LogP contribution in [-0.2, 0) is 6.54 Å². The lowest BCUT2D eigenvalue weighted by molar-refractivity contribution is 0.0546. The molecule has 6 rings (SSSR count). The molecule has 1 aromatic carbocycles. The molecule has 0 radical (unpaired) electrons. The van der Waals surface area contributed by atoms with Crippen LogP contribution in [0, 0.1) is 6.92 Å². The zero-order chi connectivity index (χ0) is 26.4. The number of carbonyl (C=O) groups is 1. The first-order valence-electron chi connectivity index (χ1n) is 12.9. The molecule has 9 nitrogen and oxygen atoms in total. The predicted molar refractivity (Wildman–Crippen MR) is 143 cm³/mol. The smallest absolute Gasteiger partial charge is 0.253 e. The van der Waals surface area contributed by atoms with Gasteiger partial charge in [-0.1, -0.05) is 11.6 Å². The normalized spacial score (nSPS) is 17.1. The topological polar surface area (TPSA) is 106 Å². The van der Waals surface area contributed by atoms with Gasteiger partial charge >= 0.3 is 0 Å². The second kappa shape index (κ2) is 9.63. The van der Waals surface area contributed by atoms with E-state index < -0.39 is 0 Å². The molecular formula is C28H29ClN6O3. The fraction of sp³-hybridized carbons (Fsp3) is 0.393. The van der Waals surface area contributed by atoms with E-state index in [2.05, 4.69) is 21.9 Å². The molecule has 0 spiro atoms. The Morgan fingerprint density at radius 1 is 1.16 bits per heavy atom. The van der Waals surface area contributed by atoms with Crippen molar-refractivity contribution in [2.24, 2.45) is 0 Å². The van der Waals surface area contributed by atoms with Crippen molar-refractivity contribution in [2.75, 3.05) is 13.1 Å². The van der Waals surface area contributed by atoms with Crippen LogP contribution in [0.2, 0.25) is 5.02 Å². The molecule has 3 aromatic heterocycles. The number of pyridine rings is 1. The summed E-state index contributed by atoms with van der Waals surface area (Å²) in [7, 11) is 0. The number of carbonyl (C=O) groups excluding carboxylic acids is 1. The van der Waals surface area contributed by atoms with Crippen LogP contribution in [-0.4, -0.2) is 65.2 Å². The summed E-state index contributed by atoms with van der Waals surface area (Å²) in [5.41, 5.74) is 4.10. The average molecular weight is 533 g/mol. The van der Waals surface area contributed by atoms with Crippen molar-refractivity contribution in [3.8, 4) is 17.3 Å². The number of fused-ring (bicyclic) bond motifs is 1. The molecule has 1 aliphatic heterocycles. The molecule has 1 saturated carbocycles. The summed E-state index contributed by atoms with van der Waals surface area (Å²) < 4.78 is 8.18. The van der Waals surface area contributed by atoms with E-state index in [4.69, 9.17) is 21.3 Å². The lowest BCUT2D eigenvalue weighted by Crippen LogP contribution is -2.40. The van der Waals surface area contributed by atoms with Gasteiger partial charge in [0, 0.05) is 30.4 Å². The average Bonchev–Trinajstić information content (AvgIpc) is 3.52. The highest BCUT2D eigenvalue weighted by Gasteiger charge is 2.41. The third-order valence-electron chi connectivity index (χ3n) is 7.30. The maximum absolute atomic E-state index is 13.1. The highest BCUT2D eigenvalue weighted by molar-refractivity contribution is 6.33. The number of likely N-dealkylation sites (tertiary alicyclic amines) is 1. The monoisotopic (exact) mass is 532 g/mol. The van der Waals surface area contributed by atoms with Crippen LogP contribution in [0.25, 0.3) is 22.6 Å². The van der Waals surface area contributed by atoms with E-state index in [-0.39, 0.29) is 17.6 Å². The van der Waals surface area contributed by atoms with E-state index in [1.807, 2.05) is 29.7 Å². The summed E-state index contributed by atoms with van der Waals surface area (Å²) in [6, 6.07) is 9.27. The highest BCUT2D eigenvalue weighted by atomic mass is 35.5. The molecule has 4 heterocycles. The Hall–Kier alpha value is -3.56. The number of benzene rings is 1. The molecule has 38 heavy (non-hydrogen) atoms. The minimum Gasteiger partial charge on any atom is -0.470 e.